The molecule has 0 aromatic carbocycles. The summed E-state index contributed by atoms with van der Waals surface area (Å²) >= 11 is 0. The van der Waals surface area contributed by atoms with Crippen LogP contribution in [-0.2, 0) is 0 Å². The molecule has 2 atom stereocenters. The number of nitrogen functional groups attached to an aromatic ring is 1. The lowest BCUT2D eigenvalue weighted by molar-refractivity contribution is 0.0697. The van der Waals surface area contributed by atoms with E-state index in [1.807, 2.05) is 0 Å². The van der Waals surface area contributed by atoms with Gasteiger partial charge in [-0.3, -0.25) is 4.90 Å². The number of nitrogens with zero attached hydrogens (tertiary/aromatic N) is 2. The van der Waals surface area contributed by atoms with Crippen LogP contribution in [-0.4, -0.2) is 46.1 Å². The van der Waals surface area contributed by atoms with Gasteiger partial charge in [0.15, 0.2) is 0 Å². The molecule has 2 aliphatic heterocycles. The molecule has 3 rings (SSSR count). The van der Waals surface area contributed by atoms with Gasteiger partial charge in [0.25, 0.3) is 0 Å². The molecule has 0 aliphatic carbocycles. The smallest absolute Gasteiger partial charge is 0.339 e. The highest BCUT2D eigenvalue weighted by molar-refractivity contribution is 5.94. The van der Waals surface area contributed by atoms with Crippen LogP contribution < -0.4 is 11.1 Å². The van der Waals surface area contributed by atoms with E-state index < -0.39 is 5.97 Å². The predicted octanol–water partition coefficient (Wildman–Crippen LogP) is 1.40. The van der Waals surface area contributed by atoms with Crippen LogP contribution in [0.4, 0.5) is 11.5 Å². The highest BCUT2D eigenvalue weighted by atomic mass is 16.4. The van der Waals surface area contributed by atoms with E-state index in [1.165, 1.54) is 31.5 Å². The van der Waals surface area contributed by atoms with Crippen LogP contribution in [0.3, 0.4) is 0 Å². The van der Waals surface area contributed by atoms with E-state index in [0.29, 0.717) is 17.5 Å². The van der Waals surface area contributed by atoms with Gasteiger partial charge in [0.2, 0.25) is 0 Å². The van der Waals surface area contributed by atoms with Crippen molar-refractivity contribution in [3.05, 3.63) is 17.8 Å². The van der Waals surface area contributed by atoms with Gasteiger partial charge in [-0.25, -0.2) is 9.78 Å². The number of anilines is 2. The van der Waals surface area contributed by atoms with E-state index in [0.717, 1.165) is 19.5 Å². The Balaban J connectivity index is 1.79. The van der Waals surface area contributed by atoms with Crippen LogP contribution in [0.5, 0.6) is 0 Å². The number of pyridine rings is 1. The number of nitrogens with one attached hydrogen (secondary N) is 1. The number of carboxylic acids is 1. The molecule has 2 saturated heterocycles. The molecule has 0 spiro atoms. The first-order chi connectivity index (χ1) is 9.65. The Kier molecular flexibility index (Phi) is 3.48. The van der Waals surface area contributed by atoms with Gasteiger partial charge in [-0.2, -0.15) is 0 Å². The average molecular weight is 276 g/mol. The Labute approximate surface area is 118 Å². The third-order valence-corrected chi connectivity index (χ3v) is 4.32. The van der Waals surface area contributed by atoms with Crippen molar-refractivity contribution in [1.82, 2.24) is 9.88 Å². The molecule has 6 nitrogen and oxygen atoms in total. The molecule has 108 valence electrons. The van der Waals surface area contributed by atoms with Crippen LogP contribution in [0.25, 0.3) is 0 Å². The van der Waals surface area contributed by atoms with E-state index >= 15 is 0 Å². The Bertz CT molecular complexity index is 520. The molecule has 0 amide bonds. The number of carbonyl (C=O) groups is 1. The molecule has 3 heterocycles. The standard InChI is InChI=1S/C14H20N4O2/c15-9-7-10(14(19)20)13(16-8-9)17-11-4-6-18-5-2-1-3-12(11)18/h7-8,11-12H,1-6,15H2,(H,16,17)(H,19,20). The first kappa shape index (κ1) is 13.2. The number of aromatic carboxylic acids is 1. The van der Waals surface area contributed by atoms with Crippen molar-refractivity contribution in [3.63, 3.8) is 0 Å². The van der Waals surface area contributed by atoms with Crippen molar-refractivity contribution in [2.45, 2.75) is 37.8 Å². The minimum atomic E-state index is -0.995. The summed E-state index contributed by atoms with van der Waals surface area (Å²) in [5, 5.41) is 12.6. The van der Waals surface area contributed by atoms with Crippen molar-refractivity contribution >= 4 is 17.5 Å². The lowest BCUT2D eigenvalue weighted by Crippen LogP contribution is -2.42. The van der Waals surface area contributed by atoms with Crippen molar-refractivity contribution in [1.29, 1.82) is 0 Å². The van der Waals surface area contributed by atoms with Gasteiger partial charge in [0.05, 0.1) is 11.9 Å². The second-order valence-corrected chi connectivity index (χ2v) is 5.61. The molecular weight excluding hydrogens is 256 g/mol. The minimum Gasteiger partial charge on any atom is -0.478 e. The van der Waals surface area contributed by atoms with E-state index in [-0.39, 0.29) is 11.6 Å². The number of fused-ring (bicyclic) bond motifs is 1. The molecule has 1 aromatic heterocycles. The Morgan fingerprint density at radius 1 is 1.40 bits per heavy atom. The third-order valence-electron chi connectivity index (χ3n) is 4.32. The summed E-state index contributed by atoms with van der Waals surface area (Å²) in [5.41, 5.74) is 6.14. The Hall–Kier alpha value is -1.82. The molecule has 1 aromatic rings. The number of hydrogen-bond acceptors (Lipinski definition) is 5. The molecule has 4 N–H and O–H groups in total. The SMILES string of the molecule is Nc1cnc(NC2CCN3CCCCC23)c(C(=O)O)c1. The zero-order valence-corrected chi connectivity index (χ0v) is 11.4. The van der Waals surface area contributed by atoms with E-state index in [4.69, 9.17) is 5.73 Å². The van der Waals surface area contributed by atoms with Gasteiger partial charge in [0.1, 0.15) is 11.4 Å². The summed E-state index contributed by atoms with van der Waals surface area (Å²) in [5.74, 6) is -0.560. The first-order valence-electron chi connectivity index (χ1n) is 7.14. The van der Waals surface area contributed by atoms with E-state index in [1.54, 1.807) is 0 Å². The van der Waals surface area contributed by atoms with Crippen molar-refractivity contribution in [3.8, 4) is 0 Å². The van der Waals surface area contributed by atoms with Crippen molar-refractivity contribution in [2.24, 2.45) is 0 Å². The van der Waals surface area contributed by atoms with Crippen molar-refractivity contribution < 1.29 is 9.90 Å². The molecule has 2 aliphatic rings. The van der Waals surface area contributed by atoms with Gasteiger partial charge in [0, 0.05) is 18.6 Å². The summed E-state index contributed by atoms with van der Waals surface area (Å²) in [6.45, 7) is 2.24. The summed E-state index contributed by atoms with van der Waals surface area (Å²) in [4.78, 5) is 17.9. The van der Waals surface area contributed by atoms with Crippen LogP contribution in [0.1, 0.15) is 36.0 Å². The highest BCUT2D eigenvalue weighted by Crippen LogP contribution is 2.29. The number of aromatic nitrogens is 1. The van der Waals surface area contributed by atoms with E-state index in [2.05, 4.69) is 15.2 Å². The number of nitrogens with two attached hydrogens (primary N) is 1. The van der Waals surface area contributed by atoms with Gasteiger partial charge in [-0.15, -0.1) is 0 Å². The second kappa shape index (κ2) is 5.28. The maximum absolute atomic E-state index is 11.3. The highest BCUT2D eigenvalue weighted by Gasteiger charge is 2.36. The summed E-state index contributed by atoms with van der Waals surface area (Å²) < 4.78 is 0. The minimum absolute atomic E-state index is 0.152. The van der Waals surface area contributed by atoms with Crippen LogP contribution in [0.15, 0.2) is 12.3 Å². The fraction of sp³-hybridized carbons (Fsp3) is 0.571. The number of rotatable bonds is 3. The maximum Gasteiger partial charge on any atom is 0.339 e. The monoisotopic (exact) mass is 276 g/mol. The molecule has 2 fully saturated rings. The normalized spacial score (nSPS) is 26.2. The quantitative estimate of drug-likeness (QED) is 0.773. The molecule has 6 heteroatoms. The van der Waals surface area contributed by atoms with Gasteiger partial charge >= 0.3 is 5.97 Å². The molecule has 0 saturated carbocycles. The summed E-state index contributed by atoms with van der Waals surface area (Å²) in [6, 6.07) is 2.25. The maximum atomic E-state index is 11.3. The first-order valence-corrected chi connectivity index (χ1v) is 7.14. The topological polar surface area (TPSA) is 91.5 Å². The Morgan fingerprint density at radius 2 is 2.25 bits per heavy atom. The molecular formula is C14H20N4O2. The van der Waals surface area contributed by atoms with Gasteiger partial charge < -0.3 is 16.2 Å². The van der Waals surface area contributed by atoms with Crippen LogP contribution in [0.2, 0.25) is 0 Å². The summed E-state index contributed by atoms with van der Waals surface area (Å²) in [6.07, 6.45) is 6.23. The molecule has 20 heavy (non-hydrogen) atoms. The fourth-order valence-corrected chi connectivity index (χ4v) is 3.35. The average Bonchev–Trinajstić information content (AvgIpc) is 2.84. The predicted molar refractivity (Wildman–Crippen MR) is 76.8 cm³/mol. The fourth-order valence-electron chi connectivity index (χ4n) is 3.35. The van der Waals surface area contributed by atoms with Gasteiger partial charge in [-0.05, 0) is 31.9 Å². The van der Waals surface area contributed by atoms with Crippen molar-refractivity contribution in [2.75, 3.05) is 24.1 Å². The zero-order valence-electron chi connectivity index (χ0n) is 11.4. The van der Waals surface area contributed by atoms with E-state index in [9.17, 15) is 9.90 Å². The largest absolute Gasteiger partial charge is 0.478 e. The Morgan fingerprint density at radius 3 is 3.05 bits per heavy atom. The second-order valence-electron chi connectivity index (χ2n) is 5.61. The third kappa shape index (κ3) is 2.43. The lowest BCUT2D eigenvalue weighted by Gasteiger charge is -2.32. The molecule has 0 bridgehead atoms. The number of carboxylic acid groups (broad SMARTS) is 1. The van der Waals surface area contributed by atoms with Crippen LogP contribution in [0, 0.1) is 0 Å². The van der Waals surface area contributed by atoms with Crippen LogP contribution >= 0.6 is 0 Å². The summed E-state index contributed by atoms with van der Waals surface area (Å²) in [7, 11) is 0. The zero-order chi connectivity index (χ0) is 14.1. The van der Waals surface area contributed by atoms with Gasteiger partial charge in [-0.1, -0.05) is 6.42 Å². The number of hydrogen-bond donors (Lipinski definition) is 3. The molecule has 0 radical (unpaired) electrons. The molecule has 2 unspecified atom stereocenters. The number of piperidine rings is 1. The lowest BCUT2D eigenvalue weighted by atomic mass is 9.99.